The lowest BCUT2D eigenvalue weighted by atomic mass is 10.2. The fourth-order valence-electron chi connectivity index (χ4n) is 2.85. The van der Waals surface area contributed by atoms with Crippen molar-refractivity contribution in [3.05, 3.63) is 99.2 Å². The Morgan fingerprint density at radius 3 is 2.83 bits per heavy atom. The Morgan fingerprint density at radius 1 is 1.17 bits per heavy atom. The summed E-state index contributed by atoms with van der Waals surface area (Å²) >= 11 is 7.21. The van der Waals surface area contributed by atoms with Gasteiger partial charge in [-0.25, -0.2) is 4.39 Å². The molecule has 0 saturated heterocycles. The number of nitrogens with one attached hydrogen (secondary N) is 1. The number of para-hydroxylation sites is 1. The first-order valence-electron chi connectivity index (χ1n) is 9.10. The van der Waals surface area contributed by atoms with Crippen LogP contribution in [0.2, 0.25) is 5.02 Å². The monoisotopic (exact) mass is 441 g/mol. The Balaban J connectivity index is 1.37. The molecule has 4 rings (SSSR count). The highest BCUT2D eigenvalue weighted by Gasteiger charge is 2.11. The van der Waals surface area contributed by atoms with Crippen LogP contribution in [-0.2, 0) is 13.2 Å². The molecule has 152 valence electrons. The summed E-state index contributed by atoms with van der Waals surface area (Å²) in [6, 6.07) is 15.5. The van der Waals surface area contributed by atoms with Crippen molar-refractivity contribution in [1.82, 2.24) is 9.78 Å². The fourth-order valence-corrected chi connectivity index (χ4v) is 3.79. The molecule has 2 heterocycles. The lowest BCUT2D eigenvalue weighted by Gasteiger charge is -2.07. The van der Waals surface area contributed by atoms with Crippen molar-refractivity contribution in [2.45, 2.75) is 13.2 Å². The van der Waals surface area contributed by atoms with Crippen LogP contribution in [0, 0.1) is 5.82 Å². The van der Waals surface area contributed by atoms with Crippen molar-refractivity contribution in [2.75, 3.05) is 5.32 Å². The molecule has 0 spiro atoms. The Morgan fingerprint density at radius 2 is 2.03 bits per heavy atom. The quantitative estimate of drug-likeness (QED) is 0.405. The number of benzene rings is 2. The molecule has 1 N–H and O–H groups in total. The van der Waals surface area contributed by atoms with E-state index in [1.54, 1.807) is 41.3 Å². The molecule has 0 aliphatic rings. The van der Waals surface area contributed by atoms with Crippen molar-refractivity contribution in [2.24, 2.45) is 0 Å². The molecule has 0 radical (unpaired) electrons. The highest BCUT2D eigenvalue weighted by Crippen LogP contribution is 2.21. The van der Waals surface area contributed by atoms with Gasteiger partial charge in [0.1, 0.15) is 6.61 Å². The van der Waals surface area contributed by atoms with Gasteiger partial charge in [0.2, 0.25) is 0 Å². The van der Waals surface area contributed by atoms with E-state index in [2.05, 4.69) is 10.4 Å². The van der Waals surface area contributed by atoms with Crippen LogP contribution in [0.4, 0.5) is 10.1 Å². The van der Waals surface area contributed by atoms with E-state index in [4.69, 9.17) is 16.3 Å². The fraction of sp³-hybridized carbons (Fsp3) is 0.0909. The van der Waals surface area contributed by atoms with Gasteiger partial charge in [-0.15, -0.1) is 11.3 Å². The first-order chi connectivity index (χ1) is 14.6. The summed E-state index contributed by atoms with van der Waals surface area (Å²) < 4.78 is 20.9. The average Bonchev–Trinajstić information content (AvgIpc) is 3.37. The third-order valence-corrected chi connectivity index (χ3v) is 5.41. The molecule has 5 nitrogen and oxygen atoms in total. The first kappa shape index (κ1) is 20.1. The predicted molar refractivity (Wildman–Crippen MR) is 116 cm³/mol. The van der Waals surface area contributed by atoms with Crippen LogP contribution in [0.25, 0.3) is 0 Å². The Labute approximate surface area is 181 Å². The van der Waals surface area contributed by atoms with Crippen LogP contribution in [0.15, 0.2) is 72.4 Å². The van der Waals surface area contributed by atoms with E-state index in [-0.39, 0.29) is 18.3 Å². The lowest BCUT2D eigenvalue weighted by molar-refractivity contribution is 0.103. The molecule has 2 aromatic carbocycles. The summed E-state index contributed by atoms with van der Waals surface area (Å²) in [5, 5.41) is 9.46. The molecule has 0 aliphatic carbocycles. The maximum absolute atomic E-state index is 13.6. The van der Waals surface area contributed by atoms with E-state index in [9.17, 15) is 9.18 Å². The van der Waals surface area contributed by atoms with E-state index in [0.29, 0.717) is 22.1 Å². The summed E-state index contributed by atoms with van der Waals surface area (Å²) in [6.45, 7) is 0.736. The minimum Gasteiger partial charge on any atom is -0.486 e. The highest BCUT2D eigenvalue weighted by molar-refractivity contribution is 7.12. The number of amides is 1. The molecule has 0 unspecified atom stereocenters. The zero-order chi connectivity index (χ0) is 20.9. The van der Waals surface area contributed by atoms with Gasteiger partial charge in [-0.2, -0.15) is 5.10 Å². The zero-order valence-corrected chi connectivity index (χ0v) is 17.3. The summed E-state index contributed by atoms with van der Waals surface area (Å²) in [7, 11) is 0. The van der Waals surface area contributed by atoms with Crippen molar-refractivity contribution < 1.29 is 13.9 Å². The van der Waals surface area contributed by atoms with E-state index < -0.39 is 5.82 Å². The minimum atomic E-state index is -0.414. The number of hydrogen-bond donors (Lipinski definition) is 1. The second-order valence-corrected chi connectivity index (χ2v) is 7.90. The highest BCUT2D eigenvalue weighted by atomic mass is 35.5. The summed E-state index contributed by atoms with van der Waals surface area (Å²) in [4.78, 5) is 13.1. The largest absolute Gasteiger partial charge is 0.486 e. The van der Waals surface area contributed by atoms with Gasteiger partial charge in [0.05, 0.1) is 22.6 Å². The Kier molecular flexibility index (Phi) is 6.11. The van der Waals surface area contributed by atoms with Gasteiger partial charge in [0.15, 0.2) is 11.6 Å². The van der Waals surface area contributed by atoms with E-state index >= 15 is 0 Å². The van der Waals surface area contributed by atoms with Gasteiger partial charge in [-0.3, -0.25) is 9.48 Å². The van der Waals surface area contributed by atoms with E-state index in [1.807, 2.05) is 29.6 Å². The maximum Gasteiger partial charge on any atom is 0.265 e. The minimum absolute atomic E-state index is 0.185. The molecule has 8 heteroatoms. The summed E-state index contributed by atoms with van der Waals surface area (Å²) in [6.07, 6.45) is 3.32. The third-order valence-electron chi connectivity index (χ3n) is 4.24. The van der Waals surface area contributed by atoms with E-state index in [0.717, 1.165) is 11.1 Å². The number of ether oxygens (including phenoxy) is 1. The number of nitrogens with zero attached hydrogens (tertiary/aromatic N) is 2. The predicted octanol–water partition coefficient (Wildman–Crippen LogP) is 5.62. The maximum atomic E-state index is 13.6. The average molecular weight is 442 g/mol. The number of anilines is 1. The van der Waals surface area contributed by atoms with Gasteiger partial charge >= 0.3 is 0 Å². The number of thiophene rings is 1. The second kappa shape index (κ2) is 9.11. The van der Waals surface area contributed by atoms with Crippen LogP contribution in [0.5, 0.6) is 5.75 Å². The lowest BCUT2D eigenvalue weighted by Crippen LogP contribution is -2.10. The van der Waals surface area contributed by atoms with Crippen molar-refractivity contribution in [1.29, 1.82) is 0 Å². The number of carbonyl (C=O) groups excluding carboxylic acids is 1. The van der Waals surface area contributed by atoms with Crippen LogP contribution in [0.1, 0.15) is 20.8 Å². The molecular formula is C22H17ClFN3O2S. The van der Waals surface area contributed by atoms with Crippen LogP contribution in [0.3, 0.4) is 0 Å². The SMILES string of the molecule is O=C(Nc1cccc(Cn2cc(Cl)cn2)c1)c1cc(COc2ccccc2F)cs1. The van der Waals surface area contributed by atoms with Crippen LogP contribution >= 0.6 is 22.9 Å². The molecule has 2 aromatic heterocycles. The normalized spacial score (nSPS) is 10.7. The smallest absolute Gasteiger partial charge is 0.265 e. The standard InChI is InChI=1S/C22H17ClFN3O2S/c23-17-10-25-27(12-17)11-15-4-3-5-18(8-15)26-22(28)21-9-16(14-30-21)13-29-20-7-2-1-6-19(20)24/h1-10,12,14H,11,13H2,(H,26,28). The molecule has 0 aliphatic heterocycles. The van der Waals surface area contributed by atoms with Gasteiger partial charge in [0.25, 0.3) is 5.91 Å². The van der Waals surface area contributed by atoms with Crippen molar-refractivity contribution >= 4 is 34.5 Å². The third kappa shape index (κ3) is 5.06. The Hall–Kier alpha value is -3.16. The van der Waals surface area contributed by atoms with Gasteiger partial charge in [-0.1, -0.05) is 35.9 Å². The molecule has 1 amide bonds. The van der Waals surface area contributed by atoms with Crippen molar-refractivity contribution in [3.8, 4) is 5.75 Å². The number of aromatic nitrogens is 2. The van der Waals surface area contributed by atoms with Gasteiger partial charge in [0, 0.05) is 17.4 Å². The Bertz CT molecular complexity index is 1170. The zero-order valence-electron chi connectivity index (χ0n) is 15.7. The van der Waals surface area contributed by atoms with Crippen LogP contribution < -0.4 is 10.1 Å². The molecule has 0 atom stereocenters. The number of hydrogen-bond acceptors (Lipinski definition) is 4. The van der Waals surface area contributed by atoms with Crippen LogP contribution in [-0.4, -0.2) is 15.7 Å². The molecule has 0 saturated carbocycles. The molecule has 0 fully saturated rings. The second-order valence-electron chi connectivity index (χ2n) is 6.55. The summed E-state index contributed by atoms with van der Waals surface area (Å²) in [5.74, 6) is -0.440. The number of rotatable bonds is 7. The first-order valence-corrected chi connectivity index (χ1v) is 10.4. The topological polar surface area (TPSA) is 56.2 Å². The van der Waals surface area contributed by atoms with Crippen molar-refractivity contribution in [3.63, 3.8) is 0 Å². The summed E-state index contributed by atoms with van der Waals surface area (Å²) in [5.41, 5.74) is 2.48. The number of halogens is 2. The molecular weight excluding hydrogens is 425 g/mol. The van der Waals surface area contributed by atoms with Gasteiger partial charge < -0.3 is 10.1 Å². The molecule has 0 bridgehead atoms. The molecule has 30 heavy (non-hydrogen) atoms. The van der Waals surface area contributed by atoms with E-state index in [1.165, 1.54) is 17.4 Å². The van der Waals surface area contributed by atoms with Gasteiger partial charge in [-0.05, 0) is 41.3 Å². The molecule has 4 aromatic rings. The number of carbonyl (C=O) groups is 1.